The molecular weight excluding hydrogens is 264 g/mol. The van der Waals surface area contributed by atoms with Gasteiger partial charge in [0.15, 0.2) is 0 Å². The van der Waals surface area contributed by atoms with Gasteiger partial charge in [-0.2, -0.15) is 18.3 Å². The van der Waals surface area contributed by atoms with Gasteiger partial charge in [0.25, 0.3) is 0 Å². The fourth-order valence-electron chi connectivity index (χ4n) is 1.70. The summed E-state index contributed by atoms with van der Waals surface area (Å²) in [5.74, 6) is -1.37. The molecular formula is C12H10F4N2O. The third-order valence-corrected chi connectivity index (χ3v) is 2.65. The van der Waals surface area contributed by atoms with Gasteiger partial charge in [-0.05, 0) is 17.7 Å². The Labute approximate surface area is 106 Å². The van der Waals surface area contributed by atoms with Crippen LogP contribution in [0.5, 0.6) is 0 Å². The number of nitrogens with zero attached hydrogens (tertiary/aromatic N) is 2. The second-order valence-electron chi connectivity index (χ2n) is 4.09. The Morgan fingerprint density at radius 1 is 1.26 bits per heavy atom. The Morgan fingerprint density at radius 2 is 1.95 bits per heavy atom. The van der Waals surface area contributed by atoms with Crippen molar-refractivity contribution >= 4 is 0 Å². The number of rotatable bonds is 2. The van der Waals surface area contributed by atoms with Crippen LogP contribution < -0.4 is 0 Å². The molecule has 19 heavy (non-hydrogen) atoms. The lowest BCUT2D eigenvalue weighted by Crippen LogP contribution is -2.10. The minimum Gasteiger partial charge on any atom is -0.384 e. The van der Waals surface area contributed by atoms with Crippen LogP contribution in [0.4, 0.5) is 17.6 Å². The smallest absolute Gasteiger partial charge is 0.384 e. The lowest BCUT2D eigenvalue weighted by Gasteiger charge is -2.13. The highest BCUT2D eigenvalue weighted by atomic mass is 19.4. The number of alkyl halides is 3. The Kier molecular flexibility index (Phi) is 3.32. The largest absolute Gasteiger partial charge is 0.419 e. The normalized spacial score (nSPS) is 13.6. The molecule has 0 saturated heterocycles. The average molecular weight is 274 g/mol. The van der Waals surface area contributed by atoms with Crippen LogP contribution in [0.3, 0.4) is 0 Å². The first kappa shape index (κ1) is 13.5. The molecule has 0 amide bonds. The second kappa shape index (κ2) is 4.65. The number of hydrogen-bond acceptors (Lipinski definition) is 2. The van der Waals surface area contributed by atoms with Crippen LogP contribution in [-0.2, 0) is 13.2 Å². The average Bonchev–Trinajstić information content (AvgIpc) is 2.74. The number of aromatic nitrogens is 2. The highest BCUT2D eigenvalue weighted by Gasteiger charge is 2.34. The maximum atomic E-state index is 13.1. The first-order valence-corrected chi connectivity index (χ1v) is 5.32. The zero-order chi connectivity index (χ0) is 14.2. The topological polar surface area (TPSA) is 38.0 Å². The van der Waals surface area contributed by atoms with E-state index in [1.165, 1.54) is 17.1 Å². The van der Waals surface area contributed by atoms with Crippen LogP contribution in [-0.4, -0.2) is 14.9 Å². The molecule has 1 unspecified atom stereocenters. The fraction of sp³-hybridized carbons (Fsp3) is 0.250. The van der Waals surface area contributed by atoms with E-state index >= 15 is 0 Å². The molecule has 1 heterocycles. The quantitative estimate of drug-likeness (QED) is 0.855. The molecule has 2 rings (SSSR count). The number of halogens is 4. The van der Waals surface area contributed by atoms with Crippen LogP contribution in [0.1, 0.15) is 22.8 Å². The maximum Gasteiger partial charge on any atom is 0.419 e. The van der Waals surface area contributed by atoms with Crippen molar-refractivity contribution in [2.75, 3.05) is 0 Å². The number of aliphatic hydroxyl groups is 1. The van der Waals surface area contributed by atoms with E-state index in [-0.39, 0.29) is 5.56 Å². The van der Waals surface area contributed by atoms with Gasteiger partial charge >= 0.3 is 6.18 Å². The number of hydrogen-bond donors (Lipinski definition) is 1. The van der Waals surface area contributed by atoms with Crippen molar-refractivity contribution in [1.29, 1.82) is 0 Å². The summed E-state index contributed by atoms with van der Waals surface area (Å²) >= 11 is 0. The maximum absolute atomic E-state index is 13.1. The molecule has 1 N–H and O–H groups in total. The van der Waals surface area contributed by atoms with Crippen LogP contribution in [0, 0.1) is 5.82 Å². The molecule has 0 aliphatic carbocycles. The zero-order valence-corrected chi connectivity index (χ0v) is 9.82. The predicted octanol–water partition coefficient (Wildman–Crippen LogP) is 2.66. The molecule has 0 aliphatic rings. The Balaban J connectivity index is 2.41. The van der Waals surface area contributed by atoms with Crippen molar-refractivity contribution in [3.05, 3.63) is 53.1 Å². The fourth-order valence-corrected chi connectivity index (χ4v) is 1.70. The molecule has 0 saturated carbocycles. The minimum absolute atomic E-state index is 0.0401. The zero-order valence-electron chi connectivity index (χ0n) is 9.82. The summed E-state index contributed by atoms with van der Waals surface area (Å²) < 4.78 is 52.2. The van der Waals surface area contributed by atoms with Crippen molar-refractivity contribution < 1.29 is 22.7 Å². The third kappa shape index (κ3) is 2.76. The lowest BCUT2D eigenvalue weighted by molar-refractivity contribution is -0.140. The van der Waals surface area contributed by atoms with Gasteiger partial charge in [0.2, 0.25) is 0 Å². The lowest BCUT2D eigenvalue weighted by atomic mass is 10.0. The molecule has 7 heteroatoms. The van der Waals surface area contributed by atoms with Crippen molar-refractivity contribution in [1.82, 2.24) is 9.78 Å². The van der Waals surface area contributed by atoms with E-state index in [0.29, 0.717) is 17.7 Å². The van der Waals surface area contributed by atoms with Crippen LogP contribution in [0.15, 0.2) is 30.6 Å². The van der Waals surface area contributed by atoms with Gasteiger partial charge in [-0.15, -0.1) is 0 Å². The van der Waals surface area contributed by atoms with Gasteiger partial charge in [0, 0.05) is 18.8 Å². The van der Waals surface area contributed by atoms with Crippen molar-refractivity contribution in [2.45, 2.75) is 12.3 Å². The van der Waals surface area contributed by atoms with E-state index < -0.39 is 23.7 Å². The predicted molar refractivity (Wildman–Crippen MR) is 58.7 cm³/mol. The Bertz CT molecular complexity index is 592. The SMILES string of the molecule is Cn1cc(C(O)c2ccc(F)c(C(F)(F)F)c2)cn1. The van der Waals surface area contributed by atoms with E-state index in [4.69, 9.17) is 0 Å². The van der Waals surface area contributed by atoms with E-state index in [1.807, 2.05) is 0 Å². The van der Waals surface area contributed by atoms with Crippen LogP contribution in [0.25, 0.3) is 0 Å². The molecule has 1 aromatic heterocycles. The number of aryl methyl sites for hydroxylation is 1. The number of benzene rings is 1. The summed E-state index contributed by atoms with van der Waals surface area (Å²) in [7, 11) is 1.61. The molecule has 2 aromatic rings. The van der Waals surface area contributed by atoms with Gasteiger partial charge in [-0.1, -0.05) is 6.07 Å². The number of aliphatic hydroxyl groups excluding tert-OH is 1. The Hall–Kier alpha value is -1.89. The molecule has 0 aliphatic heterocycles. The van der Waals surface area contributed by atoms with E-state index in [9.17, 15) is 22.7 Å². The molecule has 0 radical (unpaired) electrons. The first-order chi connectivity index (χ1) is 8.79. The van der Waals surface area contributed by atoms with Crippen molar-refractivity contribution in [2.24, 2.45) is 7.05 Å². The molecule has 102 valence electrons. The highest BCUT2D eigenvalue weighted by Crippen LogP contribution is 2.34. The summed E-state index contributed by atoms with van der Waals surface area (Å²) in [5.41, 5.74) is -1.10. The van der Waals surface area contributed by atoms with Gasteiger partial charge in [0.05, 0.1) is 11.8 Å². The van der Waals surface area contributed by atoms with Gasteiger partial charge < -0.3 is 5.11 Å². The standard InChI is InChI=1S/C12H10F4N2O/c1-18-6-8(5-17-18)11(19)7-2-3-10(13)9(4-7)12(14,15)16/h2-6,11,19H,1H3. The van der Waals surface area contributed by atoms with Gasteiger partial charge in [0.1, 0.15) is 11.9 Å². The Morgan fingerprint density at radius 3 is 2.47 bits per heavy atom. The highest BCUT2D eigenvalue weighted by molar-refractivity contribution is 5.33. The van der Waals surface area contributed by atoms with Crippen molar-refractivity contribution in [3.63, 3.8) is 0 Å². The third-order valence-electron chi connectivity index (χ3n) is 2.65. The van der Waals surface area contributed by atoms with Crippen LogP contribution in [0.2, 0.25) is 0 Å². The molecule has 1 atom stereocenters. The second-order valence-corrected chi connectivity index (χ2v) is 4.09. The summed E-state index contributed by atoms with van der Waals surface area (Å²) in [6.45, 7) is 0. The summed E-state index contributed by atoms with van der Waals surface area (Å²) in [5, 5.41) is 13.8. The molecule has 1 aromatic carbocycles. The van der Waals surface area contributed by atoms with Crippen LogP contribution >= 0.6 is 0 Å². The minimum atomic E-state index is -4.80. The monoisotopic (exact) mass is 274 g/mol. The van der Waals surface area contributed by atoms with E-state index in [0.717, 1.165) is 6.07 Å². The summed E-state index contributed by atoms with van der Waals surface area (Å²) in [6, 6.07) is 2.41. The molecule has 0 fully saturated rings. The first-order valence-electron chi connectivity index (χ1n) is 5.32. The molecule has 3 nitrogen and oxygen atoms in total. The van der Waals surface area contributed by atoms with Crippen molar-refractivity contribution in [3.8, 4) is 0 Å². The molecule has 0 spiro atoms. The van der Waals surface area contributed by atoms with E-state index in [1.54, 1.807) is 7.05 Å². The summed E-state index contributed by atoms with van der Waals surface area (Å²) in [6.07, 6.45) is -3.27. The molecule has 0 bridgehead atoms. The van der Waals surface area contributed by atoms with Gasteiger partial charge in [-0.3, -0.25) is 4.68 Å². The van der Waals surface area contributed by atoms with Gasteiger partial charge in [-0.25, -0.2) is 4.39 Å². The summed E-state index contributed by atoms with van der Waals surface area (Å²) in [4.78, 5) is 0. The van der Waals surface area contributed by atoms with E-state index in [2.05, 4.69) is 5.10 Å².